The third-order valence-corrected chi connectivity index (χ3v) is 4.06. The third-order valence-electron chi connectivity index (χ3n) is 4.06. The van der Waals surface area contributed by atoms with E-state index in [-0.39, 0.29) is 17.3 Å². The summed E-state index contributed by atoms with van der Waals surface area (Å²) in [4.78, 5) is 1.85. The van der Waals surface area contributed by atoms with Gasteiger partial charge in [-0.05, 0) is 67.1 Å². The van der Waals surface area contributed by atoms with E-state index in [1.807, 2.05) is 11.0 Å². The van der Waals surface area contributed by atoms with Crippen LogP contribution in [0.5, 0.6) is 11.5 Å². The molecule has 0 aromatic heterocycles. The third kappa shape index (κ3) is 3.33. The van der Waals surface area contributed by atoms with Gasteiger partial charge in [0, 0.05) is 22.6 Å². The van der Waals surface area contributed by atoms with Gasteiger partial charge in [-0.15, -0.1) is 0 Å². The van der Waals surface area contributed by atoms with Crippen LogP contribution in [0.1, 0.15) is 11.1 Å². The fraction of sp³-hybridized carbons (Fsp3) is 0.0476. The summed E-state index contributed by atoms with van der Waals surface area (Å²) in [5.74, 6) is 0.0129. The maximum Gasteiger partial charge on any atom is 0.126 e. The molecule has 0 fully saturated rings. The molecule has 4 heteroatoms. The molecule has 0 aliphatic rings. The van der Waals surface area contributed by atoms with Gasteiger partial charge in [0.15, 0.2) is 0 Å². The molecule has 0 atom stereocenters. The van der Waals surface area contributed by atoms with E-state index in [2.05, 4.69) is 6.58 Å². The van der Waals surface area contributed by atoms with Crippen LogP contribution < -0.4 is 4.90 Å². The van der Waals surface area contributed by atoms with Crippen LogP contribution in [0.25, 0.3) is 5.70 Å². The first-order valence-corrected chi connectivity index (χ1v) is 7.80. The van der Waals surface area contributed by atoms with Crippen molar-refractivity contribution in [2.24, 2.45) is 0 Å². The van der Waals surface area contributed by atoms with Crippen molar-refractivity contribution < 1.29 is 14.6 Å². The highest BCUT2D eigenvalue weighted by Crippen LogP contribution is 2.36. The normalized spacial score (nSPS) is 10.5. The Morgan fingerprint density at radius 2 is 1.32 bits per heavy atom. The highest BCUT2D eigenvalue weighted by Gasteiger charge is 2.17. The molecule has 3 nitrogen and oxygen atoms in total. The van der Waals surface area contributed by atoms with Crippen molar-refractivity contribution in [2.75, 3.05) is 4.90 Å². The highest BCUT2D eigenvalue weighted by molar-refractivity contribution is 5.87. The Morgan fingerprint density at radius 3 is 1.80 bits per heavy atom. The largest absolute Gasteiger partial charge is 0.508 e. The molecule has 3 aromatic carbocycles. The molecule has 0 aliphatic heterocycles. The number of benzene rings is 3. The van der Waals surface area contributed by atoms with E-state index in [1.165, 1.54) is 6.07 Å². The summed E-state index contributed by atoms with van der Waals surface area (Å²) in [6.07, 6.45) is 0. The molecule has 25 heavy (non-hydrogen) atoms. The van der Waals surface area contributed by atoms with E-state index in [4.69, 9.17) is 0 Å². The van der Waals surface area contributed by atoms with Gasteiger partial charge in [0.25, 0.3) is 0 Å². The smallest absolute Gasteiger partial charge is 0.126 e. The molecule has 0 radical (unpaired) electrons. The Bertz CT molecular complexity index is 857. The predicted molar refractivity (Wildman–Crippen MR) is 98.5 cm³/mol. The summed E-state index contributed by atoms with van der Waals surface area (Å²) in [6.45, 7) is 5.87. The molecule has 0 amide bonds. The first-order chi connectivity index (χ1) is 12.0. The summed E-state index contributed by atoms with van der Waals surface area (Å²) < 4.78 is 14.0. The SMILES string of the molecule is C=C(c1cccc(F)c1C)N(c1ccc(O)cc1)c1ccc(O)cc1. The maximum absolute atomic E-state index is 14.0. The Balaban J connectivity index is 2.13. The molecule has 0 aliphatic carbocycles. The molecule has 0 bridgehead atoms. The van der Waals surface area contributed by atoms with Crippen molar-refractivity contribution in [1.82, 2.24) is 0 Å². The van der Waals surface area contributed by atoms with Crippen LogP contribution in [0, 0.1) is 12.7 Å². The summed E-state index contributed by atoms with van der Waals surface area (Å²) in [5.41, 5.74) is 3.30. The fourth-order valence-corrected chi connectivity index (χ4v) is 2.70. The van der Waals surface area contributed by atoms with Gasteiger partial charge in [-0.3, -0.25) is 0 Å². The monoisotopic (exact) mass is 335 g/mol. The molecule has 2 N–H and O–H groups in total. The summed E-state index contributed by atoms with van der Waals surface area (Å²) in [6, 6.07) is 18.2. The average Bonchev–Trinajstić information content (AvgIpc) is 2.61. The molecule has 3 rings (SSSR count). The van der Waals surface area contributed by atoms with Gasteiger partial charge in [0.2, 0.25) is 0 Å². The highest BCUT2D eigenvalue weighted by atomic mass is 19.1. The van der Waals surface area contributed by atoms with E-state index in [0.717, 1.165) is 11.4 Å². The summed E-state index contributed by atoms with van der Waals surface area (Å²) >= 11 is 0. The number of phenolic OH excluding ortho intramolecular Hbond substituents is 2. The molecule has 126 valence electrons. The number of phenols is 2. The zero-order chi connectivity index (χ0) is 18.0. The Kier molecular flexibility index (Phi) is 4.44. The molecule has 3 aromatic rings. The Morgan fingerprint density at radius 1 is 0.840 bits per heavy atom. The van der Waals surface area contributed by atoms with Crippen molar-refractivity contribution in [3.63, 3.8) is 0 Å². The van der Waals surface area contributed by atoms with E-state index >= 15 is 0 Å². The van der Waals surface area contributed by atoms with Crippen LogP contribution in [-0.4, -0.2) is 10.2 Å². The lowest BCUT2D eigenvalue weighted by Gasteiger charge is -2.28. The van der Waals surface area contributed by atoms with Crippen LogP contribution in [0.15, 0.2) is 73.3 Å². The second kappa shape index (κ2) is 6.69. The van der Waals surface area contributed by atoms with Gasteiger partial charge in [-0.25, -0.2) is 4.39 Å². The molecule has 0 saturated heterocycles. The van der Waals surface area contributed by atoms with E-state index in [9.17, 15) is 14.6 Å². The van der Waals surface area contributed by atoms with Gasteiger partial charge in [-0.2, -0.15) is 0 Å². The second-order valence-corrected chi connectivity index (χ2v) is 5.73. The van der Waals surface area contributed by atoms with Crippen molar-refractivity contribution in [2.45, 2.75) is 6.92 Å². The van der Waals surface area contributed by atoms with Gasteiger partial charge >= 0.3 is 0 Å². The van der Waals surface area contributed by atoms with Gasteiger partial charge < -0.3 is 15.1 Å². The van der Waals surface area contributed by atoms with Gasteiger partial charge in [0.05, 0.1) is 0 Å². The minimum absolute atomic E-state index is 0.155. The first-order valence-electron chi connectivity index (χ1n) is 7.80. The van der Waals surface area contributed by atoms with Crippen LogP contribution in [0.4, 0.5) is 15.8 Å². The fourth-order valence-electron chi connectivity index (χ4n) is 2.70. The van der Waals surface area contributed by atoms with Crippen molar-refractivity contribution in [3.8, 4) is 11.5 Å². The standard InChI is InChI=1S/C21H18FNO2/c1-14-20(4-3-5-21(14)22)15(2)23(16-6-10-18(24)11-7-16)17-8-12-19(25)13-9-17/h3-13,24-25H,2H2,1H3. The predicted octanol–water partition coefficient (Wildman–Crippen LogP) is 5.35. The quantitative estimate of drug-likeness (QED) is 0.675. The lowest BCUT2D eigenvalue weighted by Crippen LogP contribution is -2.15. The number of rotatable bonds is 4. The number of hydrogen-bond donors (Lipinski definition) is 2. The van der Waals surface area contributed by atoms with Gasteiger partial charge in [-0.1, -0.05) is 18.7 Å². The molecule has 0 unspecified atom stereocenters. The number of nitrogens with zero attached hydrogens (tertiary/aromatic N) is 1. The van der Waals surface area contributed by atoms with Crippen LogP contribution in [-0.2, 0) is 0 Å². The topological polar surface area (TPSA) is 43.7 Å². The Hall–Kier alpha value is -3.27. The van der Waals surface area contributed by atoms with Crippen LogP contribution in [0.2, 0.25) is 0 Å². The zero-order valence-electron chi connectivity index (χ0n) is 13.8. The number of aromatic hydroxyl groups is 2. The summed E-state index contributed by atoms with van der Waals surface area (Å²) in [5, 5.41) is 19.1. The maximum atomic E-state index is 14.0. The van der Waals surface area contributed by atoms with E-state index < -0.39 is 0 Å². The number of hydrogen-bond acceptors (Lipinski definition) is 3. The van der Waals surface area contributed by atoms with E-state index in [0.29, 0.717) is 16.8 Å². The van der Waals surface area contributed by atoms with Crippen LogP contribution in [0.3, 0.4) is 0 Å². The Labute approximate surface area is 145 Å². The molecule has 0 spiro atoms. The number of anilines is 2. The molecular formula is C21H18FNO2. The van der Waals surface area contributed by atoms with E-state index in [1.54, 1.807) is 61.5 Å². The van der Waals surface area contributed by atoms with Crippen molar-refractivity contribution in [1.29, 1.82) is 0 Å². The first kappa shape index (κ1) is 16.6. The van der Waals surface area contributed by atoms with Crippen LogP contribution >= 0.6 is 0 Å². The number of halogens is 1. The lowest BCUT2D eigenvalue weighted by molar-refractivity contribution is 0.475. The molecular weight excluding hydrogens is 317 g/mol. The van der Waals surface area contributed by atoms with Gasteiger partial charge in [0.1, 0.15) is 17.3 Å². The van der Waals surface area contributed by atoms with Crippen molar-refractivity contribution in [3.05, 3.63) is 90.3 Å². The average molecular weight is 335 g/mol. The lowest BCUT2D eigenvalue weighted by atomic mass is 10.0. The minimum Gasteiger partial charge on any atom is -0.508 e. The molecule has 0 saturated carbocycles. The van der Waals surface area contributed by atoms with Crippen molar-refractivity contribution >= 4 is 17.1 Å². The summed E-state index contributed by atoms with van der Waals surface area (Å²) in [7, 11) is 0. The minimum atomic E-state index is -0.296. The zero-order valence-corrected chi connectivity index (χ0v) is 13.8. The second-order valence-electron chi connectivity index (χ2n) is 5.73. The molecule has 0 heterocycles.